The highest BCUT2D eigenvalue weighted by atomic mass is 35.5. The smallest absolute Gasteiger partial charge is 0.240 e. The first kappa shape index (κ1) is 13.9. The lowest BCUT2D eigenvalue weighted by molar-refractivity contribution is 0.580. The number of pyridine rings is 1. The molecule has 19 heavy (non-hydrogen) atoms. The van der Waals surface area contributed by atoms with Crippen LogP contribution in [0.1, 0.15) is 5.56 Å². The van der Waals surface area contributed by atoms with Crippen LogP contribution < -0.4 is 4.72 Å². The van der Waals surface area contributed by atoms with Gasteiger partial charge in [0.25, 0.3) is 0 Å². The fourth-order valence-corrected chi connectivity index (χ4v) is 2.70. The lowest BCUT2D eigenvalue weighted by Gasteiger charge is -2.07. The maximum Gasteiger partial charge on any atom is 0.240 e. The predicted octanol–water partition coefficient (Wildman–Crippen LogP) is 2.35. The summed E-state index contributed by atoms with van der Waals surface area (Å²) < 4.78 is 39.3. The lowest BCUT2D eigenvalue weighted by Crippen LogP contribution is -2.23. The van der Waals surface area contributed by atoms with Crippen molar-refractivity contribution in [1.82, 2.24) is 9.71 Å². The summed E-state index contributed by atoms with van der Waals surface area (Å²) in [5.74, 6) is -0.658. The normalized spacial score (nSPS) is 11.5. The molecule has 0 unspecified atom stereocenters. The van der Waals surface area contributed by atoms with Crippen LogP contribution in [0, 0.1) is 5.82 Å². The molecule has 0 fully saturated rings. The average molecular weight is 301 g/mol. The number of aromatic nitrogens is 1. The molecule has 1 aromatic heterocycles. The van der Waals surface area contributed by atoms with Crippen molar-refractivity contribution >= 4 is 21.6 Å². The summed E-state index contributed by atoms with van der Waals surface area (Å²) in [6.07, 6.45) is 3.14. The van der Waals surface area contributed by atoms with Gasteiger partial charge in [0.1, 0.15) is 5.82 Å². The van der Waals surface area contributed by atoms with Gasteiger partial charge in [-0.25, -0.2) is 17.5 Å². The third kappa shape index (κ3) is 3.50. The van der Waals surface area contributed by atoms with E-state index in [1.54, 1.807) is 24.5 Å². The van der Waals surface area contributed by atoms with Crippen LogP contribution in [0.3, 0.4) is 0 Å². The second-order valence-corrected chi connectivity index (χ2v) is 5.93. The molecule has 0 amide bonds. The van der Waals surface area contributed by atoms with E-state index in [2.05, 4.69) is 9.71 Å². The van der Waals surface area contributed by atoms with Crippen LogP contribution in [0.4, 0.5) is 4.39 Å². The van der Waals surface area contributed by atoms with Crippen molar-refractivity contribution in [3.05, 3.63) is 59.1 Å². The Hall–Kier alpha value is -1.50. The maximum absolute atomic E-state index is 13.0. The van der Waals surface area contributed by atoms with Crippen LogP contribution >= 0.6 is 11.6 Å². The Morgan fingerprint density at radius 3 is 2.53 bits per heavy atom. The first-order chi connectivity index (χ1) is 8.99. The molecule has 4 nitrogen and oxygen atoms in total. The van der Waals surface area contributed by atoms with Crippen LogP contribution in [-0.4, -0.2) is 13.4 Å². The van der Waals surface area contributed by atoms with Crippen LogP contribution in [-0.2, 0) is 16.6 Å². The van der Waals surface area contributed by atoms with Gasteiger partial charge in [0, 0.05) is 18.9 Å². The fourth-order valence-electron chi connectivity index (χ4n) is 1.41. The van der Waals surface area contributed by atoms with Gasteiger partial charge in [-0.3, -0.25) is 4.98 Å². The zero-order valence-electron chi connectivity index (χ0n) is 9.68. The Bertz CT molecular complexity index is 677. The summed E-state index contributed by atoms with van der Waals surface area (Å²) >= 11 is 5.56. The molecule has 1 heterocycles. The molecule has 0 atom stereocenters. The summed E-state index contributed by atoms with van der Waals surface area (Å²) in [4.78, 5) is 3.76. The molecule has 0 saturated carbocycles. The third-order valence-electron chi connectivity index (χ3n) is 2.42. The highest BCUT2D eigenvalue weighted by molar-refractivity contribution is 7.89. The molecule has 1 N–H and O–H groups in total. The highest BCUT2D eigenvalue weighted by Gasteiger charge is 2.15. The minimum absolute atomic E-state index is 0.0760. The largest absolute Gasteiger partial charge is 0.265 e. The van der Waals surface area contributed by atoms with Crippen LogP contribution in [0.25, 0.3) is 0 Å². The van der Waals surface area contributed by atoms with E-state index in [9.17, 15) is 12.8 Å². The van der Waals surface area contributed by atoms with Gasteiger partial charge in [0.05, 0.1) is 9.92 Å². The van der Waals surface area contributed by atoms with Crippen molar-refractivity contribution in [1.29, 1.82) is 0 Å². The molecule has 7 heteroatoms. The number of hydrogen-bond acceptors (Lipinski definition) is 3. The lowest BCUT2D eigenvalue weighted by atomic mass is 10.3. The quantitative estimate of drug-likeness (QED) is 0.943. The van der Waals surface area contributed by atoms with E-state index >= 15 is 0 Å². The molecule has 0 radical (unpaired) electrons. The molecule has 0 aliphatic heterocycles. The van der Waals surface area contributed by atoms with E-state index in [1.165, 1.54) is 0 Å². The van der Waals surface area contributed by atoms with Gasteiger partial charge in [-0.1, -0.05) is 11.6 Å². The monoisotopic (exact) mass is 300 g/mol. The van der Waals surface area contributed by atoms with E-state index in [0.717, 1.165) is 23.8 Å². The molecule has 0 spiro atoms. The van der Waals surface area contributed by atoms with Crippen molar-refractivity contribution in [3.63, 3.8) is 0 Å². The zero-order valence-corrected chi connectivity index (χ0v) is 11.2. The molecule has 2 aromatic rings. The SMILES string of the molecule is O=S(=O)(NCc1ccncc1)c1ccc(F)c(Cl)c1. The van der Waals surface area contributed by atoms with Crippen LogP contribution in [0.15, 0.2) is 47.6 Å². The van der Waals surface area contributed by atoms with E-state index in [4.69, 9.17) is 11.6 Å². The topological polar surface area (TPSA) is 59.1 Å². The molecule has 100 valence electrons. The number of halogens is 2. The van der Waals surface area contributed by atoms with Crippen molar-refractivity contribution < 1.29 is 12.8 Å². The molecule has 1 aromatic carbocycles. The number of benzene rings is 1. The van der Waals surface area contributed by atoms with E-state index in [0.29, 0.717) is 0 Å². The van der Waals surface area contributed by atoms with Crippen molar-refractivity contribution in [3.8, 4) is 0 Å². The molecule has 0 bridgehead atoms. The van der Waals surface area contributed by atoms with Crippen LogP contribution in [0.2, 0.25) is 5.02 Å². The van der Waals surface area contributed by atoms with Gasteiger partial charge in [-0.05, 0) is 35.9 Å². The minimum atomic E-state index is -3.72. The van der Waals surface area contributed by atoms with Gasteiger partial charge in [-0.2, -0.15) is 0 Å². The molecular weight excluding hydrogens is 291 g/mol. The minimum Gasteiger partial charge on any atom is -0.265 e. The van der Waals surface area contributed by atoms with Crippen molar-refractivity contribution in [2.45, 2.75) is 11.4 Å². The second kappa shape index (κ2) is 5.64. The zero-order chi connectivity index (χ0) is 13.9. The molecule has 2 rings (SSSR count). The highest BCUT2D eigenvalue weighted by Crippen LogP contribution is 2.19. The molecule has 0 saturated heterocycles. The Balaban J connectivity index is 2.16. The summed E-state index contributed by atoms with van der Waals surface area (Å²) in [7, 11) is -3.72. The van der Waals surface area contributed by atoms with E-state index < -0.39 is 15.8 Å². The molecular formula is C12H10ClFN2O2S. The Morgan fingerprint density at radius 1 is 1.21 bits per heavy atom. The van der Waals surface area contributed by atoms with E-state index in [-0.39, 0.29) is 16.5 Å². The van der Waals surface area contributed by atoms with Gasteiger partial charge < -0.3 is 0 Å². The average Bonchev–Trinajstić information content (AvgIpc) is 2.41. The Morgan fingerprint density at radius 2 is 1.89 bits per heavy atom. The van der Waals surface area contributed by atoms with Gasteiger partial charge in [-0.15, -0.1) is 0 Å². The summed E-state index contributed by atoms with van der Waals surface area (Å²) in [6, 6.07) is 6.64. The maximum atomic E-state index is 13.0. The summed E-state index contributed by atoms with van der Waals surface area (Å²) in [5.41, 5.74) is 0.770. The van der Waals surface area contributed by atoms with E-state index in [1.807, 2.05) is 0 Å². The standard InChI is InChI=1S/C12H10ClFN2O2S/c13-11-7-10(1-2-12(11)14)19(17,18)16-8-9-3-5-15-6-4-9/h1-7,16H,8H2. The number of nitrogens with zero attached hydrogens (tertiary/aromatic N) is 1. The number of hydrogen-bond donors (Lipinski definition) is 1. The fraction of sp³-hybridized carbons (Fsp3) is 0.0833. The molecule has 0 aliphatic rings. The number of rotatable bonds is 4. The molecule has 0 aliphatic carbocycles. The van der Waals surface area contributed by atoms with Gasteiger partial charge in [0.15, 0.2) is 0 Å². The van der Waals surface area contributed by atoms with Crippen molar-refractivity contribution in [2.75, 3.05) is 0 Å². The van der Waals surface area contributed by atoms with Gasteiger partial charge in [0.2, 0.25) is 10.0 Å². The van der Waals surface area contributed by atoms with Crippen molar-refractivity contribution in [2.24, 2.45) is 0 Å². The first-order valence-corrected chi connectivity index (χ1v) is 7.19. The third-order valence-corrected chi connectivity index (χ3v) is 4.11. The summed E-state index contributed by atoms with van der Waals surface area (Å²) in [6.45, 7) is 0.125. The first-order valence-electron chi connectivity index (χ1n) is 5.33. The second-order valence-electron chi connectivity index (χ2n) is 3.76. The predicted molar refractivity (Wildman–Crippen MR) is 69.7 cm³/mol. The Labute approximate surface area is 115 Å². The Kier molecular flexibility index (Phi) is 4.14. The van der Waals surface area contributed by atoms with Gasteiger partial charge >= 0.3 is 0 Å². The van der Waals surface area contributed by atoms with Crippen LogP contribution in [0.5, 0.6) is 0 Å². The number of nitrogens with one attached hydrogen (secondary N) is 1. The summed E-state index contributed by atoms with van der Waals surface area (Å²) in [5, 5.41) is -0.230. The number of sulfonamides is 1.